The first-order valence-corrected chi connectivity index (χ1v) is 6.75. The molecule has 1 aromatic rings. The van der Waals surface area contributed by atoms with Gasteiger partial charge in [0.2, 0.25) is 0 Å². The average Bonchev–Trinajstić information content (AvgIpc) is 2.78. The number of thioether (sulfide) groups is 1. The molecule has 2 N–H and O–H groups in total. The molecular formula is C11H11NO3S2. The van der Waals surface area contributed by atoms with Crippen LogP contribution < -0.4 is 5.32 Å². The van der Waals surface area contributed by atoms with Gasteiger partial charge in [0, 0.05) is 12.3 Å². The zero-order valence-electron chi connectivity index (χ0n) is 8.93. The number of terminal acetylenes is 1. The van der Waals surface area contributed by atoms with Crippen LogP contribution in [0.4, 0.5) is 0 Å². The van der Waals surface area contributed by atoms with E-state index in [0.29, 0.717) is 17.2 Å². The van der Waals surface area contributed by atoms with Gasteiger partial charge in [-0.25, -0.2) is 4.79 Å². The highest BCUT2D eigenvalue weighted by atomic mass is 32.2. The van der Waals surface area contributed by atoms with Crippen LogP contribution in [0.15, 0.2) is 12.1 Å². The zero-order valence-corrected chi connectivity index (χ0v) is 10.6. The normalized spacial score (nSPS) is 9.59. The van der Waals surface area contributed by atoms with Crippen LogP contribution in [0.2, 0.25) is 0 Å². The molecule has 1 amide bonds. The number of nitrogens with one attached hydrogen (secondary N) is 1. The molecule has 0 saturated carbocycles. The van der Waals surface area contributed by atoms with Crippen molar-refractivity contribution < 1.29 is 14.7 Å². The van der Waals surface area contributed by atoms with Gasteiger partial charge in [-0.05, 0) is 12.1 Å². The molecule has 0 aliphatic carbocycles. The number of thiophene rings is 1. The first kappa shape index (κ1) is 13.6. The quantitative estimate of drug-likeness (QED) is 0.607. The summed E-state index contributed by atoms with van der Waals surface area (Å²) in [5, 5.41) is 11.4. The maximum Gasteiger partial charge on any atom is 0.345 e. The minimum atomic E-state index is -1.02. The van der Waals surface area contributed by atoms with Gasteiger partial charge < -0.3 is 10.4 Å². The van der Waals surface area contributed by atoms with E-state index in [2.05, 4.69) is 11.2 Å². The minimum Gasteiger partial charge on any atom is -0.477 e. The van der Waals surface area contributed by atoms with Gasteiger partial charge >= 0.3 is 5.97 Å². The van der Waals surface area contributed by atoms with E-state index in [1.54, 1.807) is 11.8 Å². The first-order valence-electron chi connectivity index (χ1n) is 4.77. The van der Waals surface area contributed by atoms with Gasteiger partial charge in [0.05, 0.1) is 10.6 Å². The first-order chi connectivity index (χ1) is 8.15. The van der Waals surface area contributed by atoms with E-state index in [1.807, 2.05) is 0 Å². The lowest BCUT2D eigenvalue weighted by molar-refractivity contribution is 0.0702. The lowest BCUT2D eigenvalue weighted by Gasteiger charge is -2.01. The Bertz CT molecular complexity index is 448. The van der Waals surface area contributed by atoms with E-state index < -0.39 is 5.97 Å². The Hall–Kier alpha value is -1.45. The molecule has 0 radical (unpaired) electrons. The van der Waals surface area contributed by atoms with Crippen LogP contribution in [0.5, 0.6) is 0 Å². The molecule has 4 nitrogen and oxygen atoms in total. The Balaban J connectivity index is 2.37. The standard InChI is InChI=1S/C11H11NO3S2/c1-2-6-16-7-5-12-10(13)8-3-4-9(17-8)11(14)15/h1,3-4H,5-7H2,(H,12,13)(H,14,15). The third kappa shape index (κ3) is 4.51. The van der Waals surface area contributed by atoms with Gasteiger partial charge in [-0.1, -0.05) is 5.92 Å². The average molecular weight is 269 g/mol. The van der Waals surface area contributed by atoms with Gasteiger partial charge in [-0.15, -0.1) is 29.5 Å². The summed E-state index contributed by atoms with van der Waals surface area (Å²) in [5.74, 6) is 2.59. The Morgan fingerprint density at radius 3 is 2.76 bits per heavy atom. The van der Waals surface area contributed by atoms with E-state index in [0.717, 1.165) is 17.1 Å². The number of carbonyl (C=O) groups is 2. The number of hydrogen-bond acceptors (Lipinski definition) is 4. The lowest BCUT2D eigenvalue weighted by Crippen LogP contribution is -2.24. The van der Waals surface area contributed by atoms with E-state index in [-0.39, 0.29) is 10.8 Å². The third-order valence-electron chi connectivity index (χ3n) is 1.76. The Kier molecular flexibility index (Phi) is 5.60. The Morgan fingerprint density at radius 1 is 1.47 bits per heavy atom. The molecule has 0 atom stereocenters. The maximum atomic E-state index is 11.6. The van der Waals surface area contributed by atoms with Gasteiger partial charge in [-0.2, -0.15) is 0 Å². The molecule has 0 saturated heterocycles. The molecule has 0 aromatic carbocycles. The van der Waals surface area contributed by atoms with Gasteiger partial charge in [-0.3, -0.25) is 4.79 Å². The molecule has 0 bridgehead atoms. The summed E-state index contributed by atoms with van der Waals surface area (Å²) in [6, 6.07) is 2.94. The summed E-state index contributed by atoms with van der Waals surface area (Å²) < 4.78 is 0. The Labute approximate surface area is 107 Å². The van der Waals surface area contributed by atoms with E-state index >= 15 is 0 Å². The second-order valence-corrected chi connectivity index (χ2v) is 5.17. The molecule has 1 rings (SSSR count). The van der Waals surface area contributed by atoms with Crippen molar-refractivity contribution in [2.45, 2.75) is 0 Å². The highest BCUT2D eigenvalue weighted by Gasteiger charge is 2.11. The maximum absolute atomic E-state index is 11.6. The van der Waals surface area contributed by atoms with Crippen molar-refractivity contribution in [1.82, 2.24) is 5.32 Å². The number of hydrogen-bond donors (Lipinski definition) is 2. The molecule has 17 heavy (non-hydrogen) atoms. The molecule has 0 fully saturated rings. The van der Waals surface area contributed by atoms with Crippen molar-refractivity contribution in [2.24, 2.45) is 0 Å². The van der Waals surface area contributed by atoms with Gasteiger partial charge in [0.25, 0.3) is 5.91 Å². The van der Waals surface area contributed by atoms with Crippen molar-refractivity contribution in [3.63, 3.8) is 0 Å². The minimum absolute atomic E-state index is 0.164. The lowest BCUT2D eigenvalue weighted by atomic mass is 10.4. The number of carboxylic acids is 1. The SMILES string of the molecule is C#CCSCCNC(=O)c1ccc(C(=O)O)s1. The van der Waals surface area contributed by atoms with E-state index in [4.69, 9.17) is 11.5 Å². The predicted octanol–water partition coefficient (Wildman–Crippen LogP) is 1.54. The third-order valence-corrected chi connectivity index (χ3v) is 3.69. The topological polar surface area (TPSA) is 66.4 Å². The molecule has 0 spiro atoms. The molecule has 0 aliphatic rings. The van der Waals surface area contributed by atoms with Crippen LogP contribution in [0.25, 0.3) is 0 Å². The molecule has 1 aromatic heterocycles. The van der Waals surface area contributed by atoms with Crippen LogP contribution in [0.3, 0.4) is 0 Å². The second-order valence-electron chi connectivity index (χ2n) is 2.98. The van der Waals surface area contributed by atoms with Gasteiger partial charge in [0.15, 0.2) is 0 Å². The summed E-state index contributed by atoms with van der Waals surface area (Å²) in [5.41, 5.74) is 0. The predicted molar refractivity (Wildman–Crippen MR) is 69.8 cm³/mol. The summed E-state index contributed by atoms with van der Waals surface area (Å²) in [4.78, 5) is 22.8. The summed E-state index contributed by atoms with van der Waals surface area (Å²) in [7, 11) is 0. The van der Waals surface area contributed by atoms with Crippen molar-refractivity contribution in [3.8, 4) is 12.3 Å². The fraction of sp³-hybridized carbons (Fsp3) is 0.273. The number of rotatable bonds is 6. The number of amides is 1. The fourth-order valence-corrected chi connectivity index (χ4v) is 2.30. The highest BCUT2D eigenvalue weighted by Crippen LogP contribution is 2.16. The van der Waals surface area contributed by atoms with Crippen LogP contribution in [0.1, 0.15) is 19.3 Å². The second kappa shape index (κ2) is 6.99. The summed E-state index contributed by atoms with van der Waals surface area (Å²) in [6.07, 6.45) is 5.08. The summed E-state index contributed by atoms with van der Waals surface area (Å²) >= 11 is 2.53. The van der Waals surface area contributed by atoms with Crippen molar-refractivity contribution >= 4 is 35.0 Å². The molecule has 0 unspecified atom stereocenters. The Morgan fingerprint density at radius 2 is 2.18 bits per heavy atom. The molecule has 1 heterocycles. The van der Waals surface area contributed by atoms with Crippen LogP contribution in [-0.2, 0) is 0 Å². The molecular weight excluding hydrogens is 258 g/mol. The van der Waals surface area contributed by atoms with Crippen LogP contribution in [-0.4, -0.2) is 35.0 Å². The molecule has 0 aliphatic heterocycles. The van der Waals surface area contributed by atoms with Crippen molar-refractivity contribution in [3.05, 3.63) is 21.9 Å². The zero-order chi connectivity index (χ0) is 12.7. The smallest absolute Gasteiger partial charge is 0.345 e. The van der Waals surface area contributed by atoms with Crippen molar-refractivity contribution in [2.75, 3.05) is 18.1 Å². The molecule has 90 valence electrons. The fourth-order valence-electron chi connectivity index (χ4n) is 1.03. The monoisotopic (exact) mass is 269 g/mol. The molecule has 6 heteroatoms. The van der Waals surface area contributed by atoms with E-state index in [1.165, 1.54) is 12.1 Å². The number of carboxylic acid groups (broad SMARTS) is 1. The van der Waals surface area contributed by atoms with Crippen LogP contribution >= 0.6 is 23.1 Å². The summed E-state index contributed by atoms with van der Waals surface area (Å²) in [6.45, 7) is 0.519. The number of aromatic carboxylic acids is 1. The highest BCUT2D eigenvalue weighted by molar-refractivity contribution is 7.99. The largest absolute Gasteiger partial charge is 0.477 e. The number of carbonyl (C=O) groups excluding carboxylic acids is 1. The van der Waals surface area contributed by atoms with Crippen LogP contribution in [0, 0.1) is 12.3 Å². The van der Waals surface area contributed by atoms with E-state index in [9.17, 15) is 9.59 Å². The van der Waals surface area contributed by atoms with Crippen molar-refractivity contribution in [1.29, 1.82) is 0 Å². The van der Waals surface area contributed by atoms with Gasteiger partial charge in [0.1, 0.15) is 4.88 Å².